The molecule has 0 saturated heterocycles. The van der Waals surface area contributed by atoms with Gasteiger partial charge in [-0.2, -0.15) is 0 Å². The minimum Gasteiger partial charge on any atom is -0.299 e. The normalized spacial score (nSPS) is 13.8. The molecule has 0 saturated carbocycles. The maximum absolute atomic E-state index is 11.9. The van der Waals surface area contributed by atoms with E-state index in [1.807, 2.05) is 26.8 Å². The van der Waals surface area contributed by atoms with E-state index in [4.69, 9.17) is 0 Å². The second-order valence-corrected chi connectivity index (χ2v) is 4.62. The highest BCUT2D eigenvalue weighted by atomic mass is 16.1. The molecule has 0 heterocycles. The molecule has 76 valence electrons. The van der Waals surface area contributed by atoms with Crippen LogP contribution in [0.3, 0.4) is 0 Å². The van der Waals surface area contributed by atoms with E-state index in [0.29, 0.717) is 5.78 Å². The summed E-state index contributed by atoms with van der Waals surface area (Å²) in [6.07, 6.45) is 4.73. The molecule has 1 nitrogen and oxygen atoms in total. The van der Waals surface area contributed by atoms with E-state index < -0.39 is 0 Å². The van der Waals surface area contributed by atoms with Crippen molar-refractivity contribution in [2.45, 2.75) is 47.0 Å². The van der Waals surface area contributed by atoms with E-state index in [1.54, 1.807) is 0 Å². The largest absolute Gasteiger partial charge is 0.299 e. The Bertz CT molecular complexity index is 174. The Balaban J connectivity index is 4.36. The molecule has 0 bridgehead atoms. The molecule has 1 atom stereocenters. The summed E-state index contributed by atoms with van der Waals surface area (Å²) in [5.41, 5.74) is -0.206. The maximum atomic E-state index is 11.9. The minimum atomic E-state index is -0.206. The summed E-state index contributed by atoms with van der Waals surface area (Å²) in [4.78, 5) is 11.9. The fraction of sp³-hybridized carbons (Fsp3) is 0.750. The molecule has 0 aliphatic heterocycles. The first-order valence-electron chi connectivity index (χ1n) is 5.08. The zero-order valence-electron chi connectivity index (χ0n) is 9.39. The van der Waals surface area contributed by atoms with Crippen molar-refractivity contribution >= 4 is 5.78 Å². The van der Waals surface area contributed by atoms with Gasteiger partial charge in [-0.05, 0) is 12.8 Å². The van der Waals surface area contributed by atoms with Gasteiger partial charge in [0.15, 0.2) is 0 Å². The summed E-state index contributed by atoms with van der Waals surface area (Å²) in [5.74, 6) is 0.553. The number of hydrogen-bond acceptors (Lipinski definition) is 1. The Morgan fingerprint density at radius 2 is 2.00 bits per heavy atom. The highest BCUT2D eigenvalue weighted by Crippen LogP contribution is 2.25. The Morgan fingerprint density at radius 3 is 2.31 bits per heavy atom. The van der Waals surface area contributed by atoms with Crippen LogP contribution in [0.4, 0.5) is 0 Å². The second kappa shape index (κ2) is 5.21. The highest BCUT2D eigenvalue weighted by Gasteiger charge is 2.27. The van der Waals surface area contributed by atoms with Crippen molar-refractivity contribution in [3.8, 4) is 0 Å². The monoisotopic (exact) mass is 182 g/mol. The van der Waals surface area contributed by atoms with Crippen molar-refractivity contribution < 1.29 is 4.79 Å². The Labute approximate surface area is 82.2 Å². The summed E-state index contributed by atoms with van der Waals surface area (Å²) in [6.45, 7) is 11.8. The maximum Gasteiger partial charge on any atom is 0.141 e. The highest BCUT2D eigenvalue weighted by molar-refractivity contribution is 5.86. The molecule has 0 aliphatic carbocycles. The van der Waals surface area contributed by atoms with Crippen molar-refractivity contribution in [3.05, 3.63) is 12.7 Å². The molecule has 0 aromatic rings. The van der Waals surface area contributed by atoms with Crippen molar-refractivity contribution in [2.75, 3.05) is 0 Å². The average Bonchev–Trinajstić information content (AvgIpc) is 2.01. The lowest BCUT2D eigenvalue weighted by Crippen LogP contribution is -2.28. The van der Waals surface area contributed by atoms with Crippen molar-refractivity contribution in [2.24, 2.45) is 11.3 Å². The molecule has 0 rings (SSSR count). The fourth-order valence-corrected chi connectivity index (χ4v) is 1.52. The van der Waals surface area contributed by atoms with Gasteiger partial charge in [0.2, 0.25) is 0 Å². The average molecular weight is 182 g/mol. The Morgan fingerprint density at radius 1 is 1.46 bits per heavy atom. The van der Waals surface area contributed by atoms with Crippen LogP contribution in [0, 0.1) is 11.3 Å². The minimum absolute atomic E-state index is 0.183. The number of rotatable bonds is 5. The van der Waals surface area contributed by atoms with Crippen LogP contribution in [0.1, 0.15) is 47.0 Å². The number of carbonyl (C=O) groups is 1. The van der Waals surface area contributed by atoms with Gasteiger partial charge in [0.25, 0.3) is 0 Å². The van der Waals surface area contributed by atoms with Crippen molar-refractivity contribution in [1.29, 1.82) is 0 Å². The number of ketones is 1. The zero-order valence-corrected chi connectivity index (χ0v) is 9.39. The summed E-state index contributed by atoms with van der Waals surface area (Å²) in [5, 5.41) is 0. The van der Waals surface area contributed by atoms with Gasteiger partial charge in [-0.1, -0.05) is 40.2 Å². The predicted molar refractivity (Wildman–Crippen MR) is 57.7 cm³/mol. The molecular weight excluding hydrogens is 160 g/mol. The van der Waals surface area contributed by atoms with Crippen LogP contribution in [-0.2, 0) is 4.79 Å². The zero-order chi connectivity index (χ0) is 10.5. The fourth-order valence-electron chi connectivity index (χ4n) is 1.52. The van der Waals surface area contributed by atoms with Gasteiger partial charge >= 0.3 is 0 Å². The smallest absolute Gasteiger partial charge is 0.141 e. The number of Topliss-reactive ketones (excluding diaryl/α,β-unsaturated/α-hetero) is 1. The number of carbonyl (C=O) groups excluding carboxylic acids is 1. The molecule has 0 radical (unpaired) electrons. The number of hydrogen-bond donors (Lipinski definition) is 0. The van der Waals surface area contributed by atoms with E-state index in [9.17, 15) is 4.79 Å². The molecule has 13 heavy (non-hydrogen) atoms. The lowest BCUT2D eigenvalue weighted by atomic mass is 9.80. The van der Waals surface area contributed by atoms with Crippen LogP contribution in [-0.4, -0.2) is 5.78 Å². The van der Waals surface area contributed by atoms with Crippen LogP contribution >= 0.6 is 0 Å². The topological polar surface area (TPSA) is 17.1 Å². The first-order valence-corrected chi connectivity index (χ1v) is 5.08. The third kappa shape index (κ3) is 4.25. The van der Waals surface area contributed by atoms with Gasteiger partial charge in [0.1, 0.15) is 5.78 Å². The SMILES string of the molecule is C=CCC(CCC)C(=O)C(C)(C)C. The Hall–Kier alpha value is -0.590. The summed E-state index contributed by atoms with van der Waals surface area (Å²) >= 11 is 0. The van der Waals surface area contributed by atoms with E-state index in [0.717, 1.165) is 19.3 Å². The predicted octanol–water partition coefficient (Wildman–Crippen LogP) is 3.59. The van der Waals surface area contributed by atoms with E-state index in [1.165, 1.54) is 0 Å². The quantitative estimate of drug-likeness (QED) is 0.594. The van der Waals surface area contributed by atoms with E-state index in [-0.39, 0.29) is 11.3 Å². The molecule has 1 heteroatoms. The first-order chi connectivity index (χ1) is 5.93. The first kappa shape index (κ1) is 12.4. The lowest BCUT2D eigenvalue weighted by Gasteiger charge is -2.23. The second-order valence-electron chi connectivity index (χ2n) is 4.62. The molecule has 0 N–H and O–H groups in total. The number of allylic oxidation sites excluding steroid dienone is 1. The van der Waals surface area contributed by atoms with Crippen LogP contribution in [0.2, 0.25) is 0 Å². The summed E-state index contributed by atoms with van der Waals surface area (Å²) < 4.78 is 0. The molecule has 1 unspecified atom stereocenters. The van der Waals surface area contributed by atoms with E-state index >= 15 is 0 Å². The van der Waals surface area contributed by atoms with Crippen LogP contribution in [0.25, 0.3) is 0 Å². The van der Waals surface area contributed by atoms with Gasteiger partial charge < -0.3 is 0 Å². The lowest BCUT2D eigenvalue weighted by molar-refractivity contribution is -0.130. The van der Waals surface area contributed by atoms with Crippen LogP contribution in [0.15, 0.2) is 12.7 Å². The van der Waals surface area contributed by atoms with Crippen molar-refractivity contribution in [1.82, 2.24) is 0 Å². The van der Waals surface area contributed by atoms with Crippen molar-refractivity contribution in [3.63, 3.8) is 0 Å². The summed E-state index contributed by atoms with van der Waals surface area (Å²) in [7, 11) is 0. The molecule has 0 aromatic heterocycles. The Kier molecular flexibility index (Phi) is 4.97. The molecule has 0 aromatic carbocycles. The molecule has 0 aliphatic rings. The van der Waals surface area contributed by atoms with Crippen LogP contribution in [0.5, 0.6) is 0 Å². The van der Waals surface area contributed by atoms with Gasteiger partial charge in [-0.3, -0.25) is 4.79 Å². The van der Waals surface area contributed by atoms with E-state index in [2.05, 4.69) is 13.5 Å². The molecule has 0 amide bonds. The standard InChI is InChI=1S/C12H22O/c1-6-8-10(9-7-2)11(13)12(3,4)5/h6,10H,1,7-9H2,2-5H3. The molecular formula is C12H22O. The summed E-state index contributed by atoms with van der Waals surface area (Å²) in [6, 6.07) is 0. The van der Waals surface area contributed by atoms with Gasteiger partial charge in [0, 0.05) is 11.3 Å². The third-order valence-electron chi connectivity index (χ3n) is 2.20. The molecule has 0 fully saturated rings. The third-order valence-corrected chi connectivity index (χ3v) is 2.20. The van der Waals surface area contributed by atoms with Gasteiger partial charge in [-0.25, -0.2) is 0 Å². The van der Waals surface area contributed by atoms with Gasteiger partial charge in [0.05, 0.1) is 0 Å². The van der Waals surface area contributed by atoms with Gasteiger partial charge in [-0.15, -0.1) is 6.58 Å². The van der Waals surface area contributed by atoms with Crippen LogP contribution < -0.4 is 0 Å². The molecule has 0 spiro atoms.